The Labute approximate surface area is 123 Å². The number of benzene rings is 1. The number of hydrogen-bond acceptors (Lipinski definition) is 4. The molecule has 0 unspecified atom stereocenters. The van der Waals surface area contributed by atoms with Gasteiger partial charge in [-0.15, -0.1) is 0 Å². The first-order chi connectivity index (χ1) is 9.99. The summed E-state index contributed by atoms with van der Waals surface area (Å²) in [7, 11) is 0. The molecule has 0 aromatic heterocycles. The third kappa shape index (κ3) is 2.71. The Kier molecular flexibility index (Phi) is 3.33. The van der Waals surface area contributed by atoms with Crippen molar-refractivity contribution in [1.82, 2.24) is 9.80 Å². The van der Waals surface area contributed by atoms with E-state index in [-0.39, 0.29) is 17.6 Å². The van der Waals surface area contributed by atoms with Crippen molar-refractivity contribution in [1.29, 1.82) is 0 Å². The van der Waals surface area contributed by atoms with E-state index in [4.69, 9.17) is 5.73 Å². The van der Waals surface area contributed by atoms with Crippen LogP contribution in [0.25, 0.3) is 0 Å². The maximum Gasteiger partial charge on any atom is 0.254 e. The van der Waals surface area contributed by atoms with Crippen LogP contribution in [0.5, 0.6) is 5.75 Å². The maximum atomic E-state index is 12.3. The summed E-state index contributed by atoms with van der Waals surface area (Å²) in [5.74, 6) is -0.0349. The van der Waals surface area contributed by atoms with Crippen molar-refractivity contribution in [3.05, 3.63) is 29.8 Å². The first kappa shape index (κ1) is 13.9. The zero-order chi connectivity index (χ0) is 15.0. The van der Waals surface area contributed by atoms with Crippen LogP contribution in [0, 0.1) is 0 Å². The average molecular weight is 289 g/mol. The highest BCUT2D eigenvalue weighted by Gasteiger charge is 2.48. The van der Waals surface area contributed by atoms with Crippen molar-refractivity contribution < 1.29 is 14.7 Å². The Morgan fingerprint density at radius 3 is 2.29 bits per heavy atom. The smallest absolute Gasteiger partial charge is 0.254 e. The number of hydrogen-bond donors (Lipinski definition) is 2. The van der Waals surface area contributed by atoms with Crippen molar-refractivity contribution in [2.45, 2.75) is 18.4 Å². The first-order valence-corrected chi connectivity index (χ1v) is 7.16. The Balaban J connectivity index is 1.60. The molecule has 3 rings (SSSR count). The summed E-state index contributed by atoms with van der Waals surface area (Å²) in [5, 5.41) is 9.43. The molecule has 1 aliphatic heterocycles. The molecule has 1 aromatic carbocycles. The highest BCUT2D eigenvalue weighted by Crippen LogP contribution is 2.34. The van der Waals surface area contributed by atoms with E-state index >= 15 is 0 Å². The maximum absolute atomic E-state index is 12.3. The van der Waals surface area contributed by atoms with Crippen LogP contribution in [0.1, 0.15) is 23.2 Å². The summed E-state index contributed by atoms with van der Waals surface area (Å²) >= 11 is 0. The van der Waals surface area contributed by atoms with Gasteiger partial charge in [-0.2, -0.15) is 0 Å². The van der Waals surface area contributed by atoms with Crippen LogP contribution < -0.4 is 5.73 Å². The van der Waals surface area contributed by atoms with Gasteiger partial charge in [-0.05, 0) is 31.0 Å². The third-order valence-corrected chi connectivity index (χ3v) is 4.16. The van der Waals surface area contributed by atoms with E-state index in [2.05, 4.69) is 0 Å². The summed E-state index contributed by atoms with van der Waals surface area (Å²) in [6, 6.07) is 6.31. The van der Waals surface area contributed by atoms with Crippen molar-refractivity contribution in [2.24, 2.45) is 5.73 Å². The van der Waals surface area contributed by atoms with Gasteiger partial charge in [0.1, 0.15) is 5.75 Å². The molecule has 0 bridgehead atoms. The number of piperazine rings is 1. The summed E-state index contributed by atoms with van der Waals surface area (Å²) in [5.41, 5.74) is 5.75. The van der Waals surface area contributed by atoms with Crippen LogP contribution in [0.4, 0.5) is 0 Å². The molecule has 1 aliphatic carbocycles. The molecule has 1 aromatic rings. The number of rotatable bonds is 2. The van der Waals surface area contributed by atoms with Crippen LogP contribution in [0.2, 0.25) is 0 Å². The van der Waals surface area contributed by atoms with Crippen molar-refractivity contribution >= 4 is 11.8 Å². The monoisotopic (exact) mass is 289 g/mol. The largest absolute Gasteiger partial charge is 0.508 e. The Morgan fingerprint density at radius 2 is 1.71 bits per heavy atom. The Bertz CT molecular complexity index is 575. The minimum absolute atomic E-state index is 0.00644. The zero-order valence-corrected chi connectivity index (χ0v) is 11.8. The fourth-order valence-corrected chi connectivity index (χ4v) is 2.60. The molecule has 0 atom stereocenters. The van der Waals surface area contributed by atoms with E-state index in [0.29, 0.717) is 31.7 Å². The van der Waals surface area contributed by atoms with Gasteiger partial charge in [-0.25, -0.2) is 0 Å². The molecule has 2 aliphatic rings. The van der Waals surface area contributed by atoms with Gasteiger partial charge in [0.05, 0.1) is 5.54 Å². The third-order valence-electron chi connectivity index (χ3n) is 4.16. The second kappa shape index (κ2) is 5.04. The molecular formula is C15H19N3O3. The fraction of sp³-hybridized carbons (Fsp3) is 0.467. The predicted molar refractivity (Wildman–Crippen MR) is 76.7 cm³/mol. The number of phenolic OH excluding ortho intramolecular Hbond substituents is 1. The van der Waals surface area contributed by atoms with E-state index in [1.54, 1.807) is 21.9 Å². The topological polar surface area (TPSA) is 86.9 Å². The number of carbonyl (C=O) groups is 2. The number of nitrogens with zero attached hydrogens (tertiary/aromatic N) is 2. The SMILES string of the molecule is NC1(C(=O)N2CCN(C(=O)c3cccc(O)c3)CC2)CC1. The van der Waals surface area contributed by atoms with E-state index in [1.165, 1.54) is 12.1 Å². The molecule has 1 saturated carbocycles. The van der Waals surface area contributed by atoms with Gasteiger partial charge in [-0.1, -0.05) is 6.07 Å². The van der Waals surface area contributed by atoms with Crippen LogP contribution in [-0.4, -0.2) is 58.4 Å². The van der Waals surface area contributed by atoms with Crippen LogP contribution in [-0.2, 0) is 4.79 Å². The minimum Gasteiger partial charge on any atom is -0.508 e. The molecule has 112 valence electrons. The second-order valence-corrected chi connectivity index (χ2v) is 5.79. The standard InChI is InChI=1S/C15H19N3O3/c16-15(4-5-15)14(21)18-8-6-17(7-9-18)13(20)11-2-1-3-12(19)10-11/h1-3,10,19H,4-9,16H2. The Morgan fingerprint density at radius 1 is 1.10 bits per heavy atom. The summed E-state index contributed by atoms with van der Waals surface area (Å²) in [6.45, 7) is 2.03. The van der Waals surface area contributed by atoms with Crippen LogP contribution >= 0.6 is 0 Å². The molecular weight excluding hydrogens is 270 g/mol. The van der Waals surface area contributed by atoms with Crippen molar-refractivity contribution in [3.8, 4) is 5.75 Å². The molecule has 1 heterocycles. The predicted octanol–water partition coefficient (Wildman–Crippen LogP) is 0.168. The quantitative estimate of drug-likeness (QED) is 0.812. The molecule has 3 N–H and O–H groups in total. The average Bonchev–Trinajstić information content (AvgIpc) is 3.25. The molecule has 0 spiro atoms. The van der Waals surface area contributed by atoms with Gasteiger partial charge in [0.25, 0.3) is 5.91 Å². The minimum atomic E-state index is -0.641. The van der Waals surface area contributed by atoms with Crippen molar-refractivity contribution in [2.75, 3.05) is 26.2 Å². The van der Waals surface area contributed by atoms with Crippen molar-refractivity contribution in [3.63, 3.8) is 0 Å². The summed E-state index contributed by atoms with van der Waals surface area (Å²) in [4.78, 5) is 27.9. The summed E-state index contributed by atoms with van der Waals surface area (Å²) < 4.78 is 0. The second-order valence-electron chi connectivity index (χ2n) is 5.79. The van der Waals surface area contributed by atoms with E-state index in [1.807, 2.05) is 0 Å². The number of carbonyl (C=O) groups excluding carboxylic acids is 2. The van der Waals surface area contributed by atoms with Gasteiger partial charge in [0.15, 0.2) is 0 Å². The lowest BCUT2D eigenvalue weighted by molar-refractivity contribution is -0.135. The van der Waals surface area contributed by atoms with E-state index < -0.39 is 5.54 Å². The normalized spacial score (nSPS) is 20.2. The lowest BCUT2D eigenvalue weighted by atomic mass is 10.1. The lowest BCUT2D eigenvalue weighted by Crippen LogP contribution is -2.55. The molecule has 0 radical (unpaired) electrons. The van der Waals surface area contributed by atoms with Gasteiger partial charge < -0.3 is 20.6 Å². The van der Waals surface area contributed by atoms with Gasteiger partial charge in [-0.3, -0.25) is 9.59 Å². The number of aromatic hydroxyl groups is 1. The zero-order valence-electron chi connectivity index (χ0n) is 11.8. The molecule has 6 nitrogen and oxygen atoms in total. The number of amides is 2. The molecule has 2 fully saturated rings. The van der Waals surface area contributed by atoms with Crippen LogP contribution in [0.15, 0.2) is 24.3 Å². The van der Waals surface area contributed by atoms with Crippen LogP contribution in [0.3, 0.4) is 0 Å². The van der Waals surface area contributed by atoms with Gasteiger partial charge in [0.2, 0.25) is 5.91 Å². The van der Waals surface area contributed by atoms with Gasteiger partial charge in [0, 0.05) is 31.7 Å². The highest BCUT2D eigenvalue weighted by molar-refractivity contribution is 5.95. The lowest BCUT2D eigenvalue weighted by Gasteiger charge is -2.36. The molecule has 6 heteroatoms. The molecule has 21 heavy (non-hydrogen) atoms. The highest BCUT2D eigenvalue weighted by atomic mass is 16.3. The summed E-state index contributed by atoms with van der Waals surface area (Å²) in [6.07, 6.45) is 1.52. The Hall–Kier alpha value is -2.08. The van der Waals surface area contributed by atoms with E-state index in [0.717, 1.165) is 12.8 Å². The molecule has 2 amide bonds. The van der Waals surface area contributed by atoms with E-state index in [9.17, 15) is 14.7 Å². The fourth-order valence-electron chi connectivity index (χ4n) is 2.60. The first-order valence-electron chi connectivity index (χ1n) is 7.16. The molecule has 1 saturated heterocycles. The number of nitrogens with two attached hydrogens (primary N) is 1. The van der Waals surface area contributed by atoms with Gasteiger partial charge >= 0.3 is 0 Å². The number of phenols is 1.